The van der Waals surface area contributed by atoms with Crippen LogP contribution >= 0.6 is 0 Å². The van der Waals surface area contributed by atoms with Crippen molar-refractivity contribution in [1.82, 2.24) is 14.8 Å². The molecule has 1 aliphatic rings. The fourth-order valence-electron chi connectivity index (χ4n) is 2.09. The fraction of sp³-hybridized carbons (Fsp3) is 0.800. The third-order valence-corrected chi connectivity index (χ3v) is 3.08. The van der Waals surface area contributed by atoms with Gasteiger partial charge in [0.05, 0.1) is 5.54 Å². The Hall–Kier alpha value is -0.940. The minimum Gasteiger partial charge on any atom is -0.381 e. The summed E-state index contributed by atoms with van der Waals surface area (Å²) in [5.74, 6) is 1.84. The summed E-state index contributed by atoms with van der Waals surface area (Å²) in [6.07, 6.45) is 1.65. The van der Waals surface area contributed by atoms with Crippen LogP contribution in [0.3, 0.4) is 0 Å². The van der Waals surface area contributed by atoms with Crippen LogP contribution in [-0.4, -0.2) is 28.0 Å². The number of nitrogens with two attached hydrogens (primary N) is 1. The van der Waals surface area contributed by atoms with Gasteiger partial charge in [-0.2, -0.15) is 0 Å². The van der Waals surface area contributed by atoms with Crippen LogP contribution in [0.15, 0.2) is 0 Å². The van der Waals surface area contributed by atoms with Crippen molar-refractivity contribution in [2.24, 2.45) is 5.73 Å². The largest absolute Gasteiger partial charge is 0.381 e. The van der Waals surface area contributed by atoms with Crippen LogP contribution in [0, 0.1) is 6.92 Å². The third kappa shape index (κ3) is 1.77. The van der Waals surface area contributed by atoms with E-state index in [4.69, 9.17) is 10.5 Å². The molecular weight excluding hydrogens is 192 g/mol. The number of rotatable bonds is 2. The molecular formula is C10H18N4O. The van der Waals surface area contributed by atoms with Crippen LogP contribution in [0.5, 0.6) is 0 Å². The van der Waals surface area contributed by atoms with Gasteiger partial charge < -0.3 is 15.0 Å². The van der Waals surface area contributed by atoms with Crippen LogP contribution in [0.25, 0.3) is 0 Å². The quantitative estimate of drug-likeness (QED) is 0.775. The Bertz CT molecular complexity index is 341. The second-order valence-corrected chi connectivity index (χ2v) is 4.08. The monoisotopic (exact) mass is 210 g/mol. The Balaban J connectivity index is 2.34. The molecule has 1 saturated heterocycles. The SMILES string of the molecule is CCn1c(C)nnc1C1(N)CCOCC1. The number of aryl methyl sites for hydroxylation is 1. The molecule has 0 atom stereocenters. The van der Waals surface area contributed by atoms with Gasteiger partial charge in [-0.25, -0.2) is 0 Å². The molecule has 2 N–H and O–H groups in total. The molecule has 15 heavy (non-hydrogen) atoms. The second-order valence-electron chi connectivity index (χ2n) is 4.08. The summed E-state index contributed by atoms with van der Waals surface area (Å²) in [6, 6.07) is 0. The minimum absolute atomic E-state index is 0.352. The Morgan fingerprint density at radius 1 is 1.40 bits per heavy atom. The number of nitrogens with zero attached hydrogens (tertiary/aromatic N) is 3. The van der Waals surface area contributed by atoms with E-state index >= 15 is 0 Å². The number of hydrogen-bond donors (Lipinski definition) is 1. The molecule has 84 valence electrons. The highest BCUT2D eigenvalue weighted by Gasteiger charge is 2.35. The first-order chi connectivity index (χ1) is 7.17. The lowest BCUT2D eigenvalue weighted by Gasteiger charge is -2.32. The van der Waals surface area contributed by atoms with Gasteiger partial charge >= 0.3 is 0 Å². The van der Waals surface area contributed by atoms with Gasteiger partial charge in [0.2, 0.25) is 0 Å². The van der Waals surface area contributed by atoms with Crippen molar-refractivity contribution in [2.75, 3.05) is 13.2 Å². The standard InChI is InChI=1S/C10H18N4O/c1-3-14-8(2)12-13-9(14)10(11)4-6-15-7-5-10/h3-7,11H2,1-2H3. The average molecular weight is 210 g/mol. The summed E-state index contributed by atoms with van der Waals surface area (Å²) in [5, 5.41) is 8.31. The Kier molecular flexibility index (Phi) is 2.75. The van der Waals surface area contributed by atoms with Gasteiger partial charge in [0.25, 0.3) is 0 Å². The van der Waals surface area contributed by atoms with Crippen molar-refractivity contribution in [2.45, 2.75) is 38.8 Å². The summed E-state index contributed by atoms with van der Waals surface area (Å²) in [4.78, 5) is 0. The van der Waals surface area contributed by atoms with E-state index in [0.717, 1.165) is 31.0 Å². The molecule has 1 aromatic heterocycles. The zero-order chi connectivity index (χ0) is 10.9. The first kappa shape index (κ1) is 10.6. The maximum atomic E-state index is 6.37. The van der Waals surface area contributed by atoms with Gasteiger partial charge in [-0.3, -0.25) is 0 Å². The van der Waals surface area contributed by atoms with Gasteiger partial charge in [-0.1, -0.05) is 0 Å². The molecule has 5 heteroatoms. The molecule has 5 nitrogen and oxygen atoms in total. The van der Waals surface area contributed by atoms with Crippen molar-refractivity contribution in [1.29, 1.82) is 0 Å². The molecule has 2 rings (SSSR count). The lowest BCUT2D eigenvalue weighted by molar-refractivity contribution is 0.0478. The first-order valence-electron chi connectivity index (χ1n) is 5.44. The molecule has 0 radical (unpaired) electrons. The molecule has 0 aromatic carbocycles. The van der Waals surface area contributed by atoms with E-state index in [1.807, 2.05) is 6.92 Å². The van der Waals surface area contributed by atoms with Crippen LogP contribution in [-0.2, 0) is 16.8 Å². The molecule has 1 aliphatic heterocycles. The van der Waals surface area contributed by atoms with Crippen molar-refractivity contribution >= 4 is 0 Å². The predicted octanol–water partition coefficient (Wildman–Crippen LogP) is 0.571. The lowest BCUT2D eigenvalue weighted by Crippen LogP contribution is -2.44. The summed E-state index contributed by atoms with van der Waals surface area (Å²) < 4.78 is 7.42. The molecule has 0 amide bonds. The summed E-state index contributed by atoms with van der Waals surface area (Å²) in [6.45, 7) is 6.34. The maximum Gasteiger partial charge on any atom is 0.153 e. The third-order valence-electron chi connectivity index (χ3n) is 3.08. The smallest absolute Gasteiger partial charge is 0.153 e. The Labute approximate surface area is 89.6 Å². The molecule has 0 spiro atoms. The van der Waals surface area contributed by atoms with Crippen molar-refractivity contribution in [3.05, 3.63) is 11.6 Å². The van der Waals surface area contributed by atoms with Crippen molar-refractivity contribution < 1.29 is 4.74 Å². The van der Waals surface area contributed by atoms with E-state index < -0.39 is 0 Å². The molecule has 0 saturated carbocycles. The zero-order valence-corrected chi connectivity index (χ0v) is 9.36. The zero-order valence-electron chi connectivity index (χ0n) is 9.36. The molecule has 2 heterocycles. The fourth-order valence-corrected chi connectivity index (χ4v) is 2.09. The number of aromatic nitrogens is 3. The van der Waals surface area contributed by atoms with E-state index in [9.17, 15) is 0 Å². The molecule has 0 unspecified atom stereocenters. The number of hydrogen-bond acceptors (Lipinski definition) is 4. The van der Waals surface area contributed by atoms with Gasteiger partial charge in [0.1, 0.15) is 5.82 Å². The van der Waals surface area contributed by atoms with Crippen molar-refractivity contribution in [3.63, 3.8) is 0 Å². The highest BCUT2D eigenvalue weighted by molar-refractivity contribution is 5.09. The lowest BCUT2D eigenvalue weighted by atomic mass is 9.90. The molecule has 1 fully saturated rings. The minimum atomic E-state index is -0.352. The normalized spacial score (nSPS) is 20.5. The summed E-state index contributed by atoms with van der Waals surface area (Å²) in [7, 11) is 0. The maximum absolute atomic E-state index is 6.37. The Morgan fingerprint density at radius 3 is 2.67 bits per heavy atom. The predicted molar refractivity (Wildman–Crippen MR) is 56.4 cm³/mol. The van der Waals surface area contributed by atoms with Crippen LogP contribution in [0.1, 0.15) is 31.4 Å². The van der Waals surface area contributed by atoms with E-state index in [1.165, 1.54) is 0 Å². The van der Waals surface area contributed by atoms with Crippen LogP contribution in [0.4, 0.5) is 0 Å². The van der Waals surface area contributed by atoms with Gasteiger partial charge in [0.15, 0.2) is 5.82 Å². The number of ether oxygens (including phenoxy) is 1. The van der Waals surface area contributed by atoms with E-state index in [0.29, 0.717) is 13.2 Å². The Morgan fingerprint density at radius 2 is 2.07 bits per heavy atom. The van der Waals surface area contributed by atoms with Gasteiger partial charge in [-0.15, -0.1) is 10.2 Å². The highest BCUT2D eigenvalue weighted by Crippen LogP contribution is 2.28. The second kappa shape index (κ2) is 3.90. The van der Waals surface area contributed by atoms with E-state index in [1.54, 1.807) is 0 Å². The van der Waals surface area contributed by atoms with Gasteiger partial charge in [0, 0.05) is 19.8 Å². The van der Waals surface area contributed by atoms with Crippen molar-refractivity contribution in [3.8, 4) is 0 Å². The summed E-state index contributed by atoms with van der Waals surface area (Å²) in [5.41, 5.74) is 6.02. The molecule has 1 aromatic rings. The van der Waals surface area contributed by atoms with E-state index in [2.05, 4.69) is 21.7 Å². The van der Waals surface area contributed by atoms with E-state index in [-0.39, 0.29) is 5.54 Å². The average Bonchev–Trinajstić information content (AvgIpc) is 2.61. The molecule has 0 bridgehead atoms. The van der Waals surface area contributed by atoms with Gasteiger partial charge in [-0.05, 0) is 26.7 Å². The summed E-state index contributed by atoms with van der Waals surface area (Å²) >= 11 is 0. The van der Waals surface area contributed by atoms with Crippen LogP contribution < -0.4 is 5.73 Å². The topological polar surface area (TPSA) is 66.0 Å². The van der Waals surface area contributed by atoms with Crippen LogP contribution in [0.2, 0.25) is 0 Å². The molecule has 0 aliphatic carbocycles. The highest BCUT2D eigenvalue weighted by atomic mass is 16.5. The first-order valence-corrected chi connectivity index (χ1v) is 5.44.